The van der Waals surface area contributed by atoms with Crippen LogP contribution in [-0.2, 0) is 0 Å². The zero-order valence-electron chi connectivity index (χ0n) is 9.95. The van der Waals surface area contributed by atoms with Gasteiger partial charge in [0.05, 0.1) is 12.1 Å². The molecule has 0 aromatic heterocycles. The highest BCUT2D eigenvalue weighted by Gasteiger charge is 2.30. The van der Waals surface area contributed by atoms with Gasteiger partial charge in [-0.05, 0) is 31.4 Å². The first-order chi connectivity index (χ1) is 7.72. The number of aliphatic hydroxyl groups is 1. The van der Waals surface area contributed by atoms with E-state index in [2.05, 4.69) is 24.4 Å². The molecule has 1 saturated carbocycles. The minimum absolute atomic E-state index is 0.174. The molecular formula is C14H21NO. The second kappa shape index (κ2) is 4.88. The minimum atomic E-state index is -0.174. The van der Waals surface area contributed by atoms with Gasteiger partial charge in [0.1, 0.15) is 0 Å². The van der Waals surface area contributed by atoms with Crippen molar-refractivity contribution in [2.24, 2.45) is 5.92 Å². The van der Waals surface area contributed by atoms with Gasteiger partial charge in [-0.3, -0.25) is 0 Å². The lowest BCUT2D eigenvalue weighted by Gasteiger charge is -2.37. The zero-order chi connectivity index (χ0) is 11.4. The summed E-state index contributed by atoms with van der Waals surface area (Å²) in [4.78, 5) is 0. The number of rotatable bonds is 5. The van der Waals surface area contributed by atoms with Crippen LogP contribution in [-0.4, -0.2) is 17.3 Å². The monoisotopic (exact) mass is 219 g/mol. The maximum Gasteiger partial charge on any atom is 0.0658 e. The maximum atomic E-state index is 9.55. The molecule has 88 valence electrons. The van der Waals surface area contributed by atoms with Gasteiger partial charge in [-0.2, -0.15) is 0 Å². The molecule has 0 aliphatic heterocycles. The number of anilines is 1. The van der Waals surface area contributed by atoms with Crippen molar-refractivity contribution in [1.82, 2.24) is 0 Å². The van der Waals surface area contributed by atoms with Gasteiger partial charge in [0, 0.05) is 5.69 Å². The molecule has 1 fully saturated rings. The first-order valence-electron chi connectivity index (χ1n) is 6.16. The molecule has 2 rings (SSSR count). The van der Waals surface area contributed by atoms with Crippen molar-refractivity contribution in [3.8, 4) is 0 Å². The topological polar surface area (TPSA) is 32.3 Å². The smallest absolute Gasteiger partial charge is 0.0658 e. The van der Waals surface area contributed by atoms with Crippen LogP contribution in [0.3, 0.4) is 0 Å². The third kappa shape index (κ3) is 2.76. The van der Waals surface area contributed by atoms with Crippen LogP contribution in [0.1, 0.15) is 32.6 Å². The molecule has 0 heterocycles. The number of hydrogen-bond donors (Lipinski definition) is 2. The average Bonchev–Trinajstić information content (AvgIpc) is 2.25. The number of nitrogens with one attached hydrogen (secondary N) is 1. The van der Waals surface area contributed by atoms with Crippen LogP contribution in [0, 0.1) is 5.92 Å². The van der Waals surface area contributed by atoms with Crippen LogP contribution < -0.4 is 5.32 Å². The van der Waals surface area contributed by atoms with Gasteiger partial charge in [-0.15, -0.1) is 0 Å². The van der Waals surface area contributed by atoms with Gasteiger partial charge in [-0.1, -0.05) is 37.5 Å². The van der Waals surface area contributed by atoms with E-state index in [0.29, 0.717) is 0 Å². The van der Waals surface area contributed by atoms with E-state index in [1.807, 2.05) is 18.2 Å². The molecule has 2 heteroatoms. The van der Waals surface area contributed by atoms with Gasteiger partial charge >= 0.3 is 0 Å². The first-order valence-corrected chi connectivity index (χ1v) is 6.16. The van der Waals surface area contributed by atoms with Gasteiger partial charge in [0.2, 0.25) is 0 Å². The highest BCUT2D eigenvalue weighted by atomic mass is 16.3. The van der Waals surface area contributed by atoms with Crippen LogP contribution in [0.4, 0.5) is 5.69 Å². The largest absolute Gasteiger partial charge is 0.394 e. The molecule has 1 unspecified atom stereocenters. The third-order valence-corrected chi connectivity index (χ3v) is 3.53. The van der Waals surface area contributed by atoms with Crippen molar-refractivity contribution in [1.29, 1.82) is 0 Å². The van der Waals surface area contributed by atoms with Gasteiger partial charge in [0.15, 0.2) is 0 Å². The van der Waals surface area contributed by atoms with Gasteiger partial charge in [0.25, 0.3) is 0 Å². The van der Waals surface area contributed by atoms with Gasteiger partial charge in [-0.25, -0.2) is 0 Å². The minimum Gasteiger partial charge on any atom is -0.394 e. The summed E-state index contributed by atoms with van der Waals surface area (Å²) in [5.74, 6) is 0.799. The van der Waals surface area contributed by atoms with Gasteiger partial charge < -0.3 is 10.4 Å². The standard InChI is InChI=1S/C14H21NO/c1-14(11-16,10-12-6-5-7-12)15-13-8-3-2-4-9-13/h2-4,8-9,12,15-16H,5-7,10-11H2,1H3. The molecule has 1 aliphatic rings. The molecule has 16 heavy (non-hydrogen) atoms. The summed E-state index contributed by atoms with van der Waals surface area (Å²) < 4.78 is 0. The predicted molar refractivity (Wildman–Crippen MR) is 67.5 cm³/mol. The van der Waals surface area contributed by atoms with E-state index in [0.717, 1.165) is 18.0 Å². The molecule has 0 bridgehead atoms. The fourth-order valence-electron chi connectivity index (χ4n) is 2.36. The van der Waals surface area contributed by atoms with E-state index in [4.69, 9.17) is 0 Å². The molecule has 0 saturated heterocycles. The second-order valence-corrected chi connectivity index (χ2v) is 5.21. The second-order valence-electron chi connectivity index (χ2n) is 5.21. The zero-order valence-corrected chi connectivity index (χ0v) is 9.95. The van der Waals surface area contributed by atoms with Crippen molar-refractivity contribution in [3.63, 3.8) is 0 Å². The number of para-hydroxylation sites is 1. The van der Waals surface area contributed by atoms with Crippen LogP contribution in [0.5, 0.6) is 0 Å². The molecule has 1 atom stereocenters. The van der Waals surface area contributed by atoms with E-state index >= 15 is 0 Å². The summed E-state index contributed by atoms with van der Waals surface area (Å²) in [7, 11) is 0. The van der Waals surface area contributed by atoms with E-state index in [-0.39, 0.29) is 12.1 Å². The molecule has 2 N–H and O–H groups in total. The Morgan fingerprint density at radius 1 is 1.31 bits per heavy atom. The Hall–Kier alpha value is -1.02. The summed E-state index contributed by atoms with van der Waals surface area (Å²) >= 11 is 0. The average molecular weight is 219 g/mol. The van der Waals surface area contributed by atoms with Crippen molar-refractivity contribution in [2.75, 3.05) is 11.9 Å². The Labute approximate surface area is 97.7 Å². The molecule has 1 aromatic carbocycles. The Morgan fingerprint density at radius 3 is 2.50 bits per heavy atom. The molecule has 0 spiro atoms. The van der Waals surface area contributed by atoms with Crippen LogP contribution >= 0.6 is 0 Å². The molecule has 0 radical (unpaired) electrons. The molecular weight excluding hydrogens is 198 g/mol. The van der Waals surface area contributed by atoms with Crippen LogP contribution in [0.25, 0.3) is 0 Å². The lowest BCUT2D eigenvalue weighted by molar-refractivity contribution is 0.168. The third-order valence-electron chi connectivity index (χ3n) is 3.53. The lowest BCUT2D eigenvalue weighted by atomic mass is 9.76. The molecule has 1 aliphatic carbocycles. The van der Waals surface area contributed by atoms with Crippen LogP contribution in [0.15, 0.2) is 30.3 Å². The Balaban J connectivity index is 1.97. The number of aliphatic hydroxyl groups excluding tert-OH is 1. The van der Waals surface area contributed by atoms with Crippen molar-refractivity contribution in [2.45, 2.75) is 38.1 Å². The fraction of sp³-hybridized carbons (Fsp3) is 0.571. The van der Waals surface area contributed by atoms with Crippen molar-refractivity contribution < 1.29 is 5.11 Å². The first kappa shape index (κ1) is 11.5. The SMILES string of the molecule is CC(CO)(CC1CCC1)Nc1ccccc1. The maximum absolute atomic E-state index is 9.55. The number of hydrogen-bond acceptors (Lipinski definition) is 2. The summed E-state index contributed by atoms with van der Waals surface area (Å²) in [6, 6.07) is 10.1. The van der Waals surface area contributed by atoms with E-state index in [1.165, 1.54) is 19.3 Å². The van der Waals surface area contributed by atoms with E-state index in [1.54, 1.807) is 0 Å². The summed E-state index contributed by atoms with van der Waals surface area (Å²) in [6.07, 6.45) is 5.08. The highest BCUT2D eigenvalue weighted by molar-refractivity contribution is 5.45. The van der Waals surface area contributed by atoms with E-state index in [9.17, 15) is 5.11 Å². The Bertz CT molecular complexity index is 321. The molecule has 0 amide bonds. The predicted octanol–water partition coefficient (Wildman–Crippen LogP) is 3.04. The normalized spacial score (nSPS) is 19.9. The van der Waals surface area contributed by atoms with Crippen molar-refractivity contribution >= 4 is 5.69 Å². The number of benzene rings is 1. The summed E-state index contributed by atoms with van der Waals surface area (Å²) in [6.45, 7) is 2.30. The summed E-state index contributed by atoms with van der Waals surface area (Å²) in [5.41, 5.74) is 0.922. The Morgan fingerprint density at radius 2 is 2.00 bits per heavy atom. The quantitative estimate of drug-likeness (QED) is 0.797. The fourth-order valence-corrected chi connectivity index (χ4v) is 2.36. The lowest BCUT2D eigenvalue weighted by Crippen LogP contribution is -2.41. The van der Waals surface area contributed by atoms with E-state index < -0.39 is 0 Å². The molecule has 2 nitrogen and oxygen atoms in total. The van der Waals surface area contributed by atoms with Crippen LogP contribution in [0.2, 0.25) is 0 Å². The molecule has 1 aromatic rings. The highest BCUT2D eigenvalue weighted by Crippen LogP contribution is 2.34. The Kier molecular flexibility index (Phi) is 3.49. The van der Waals surface area contributed by atoms with Crippen molar-refractivity contribution in [3.05, 3.63) is 30.3 Å². The summed E-state index contributed by atoms with van der Waals surface area (Å²) in [5, 5.41) is 13.0.